The zero-order valence-corrected chi connectivity index (χ0v) is 27.2. The Hall–Kier alpha value is -4.19. The number of hydrogen-bond acceptors (Lipinski definition) is 5. The summed E-state index contributed by atoms with van der Waals surface area (Å²) >= 11 is 0. The molecule has 1 N–H and O–H groups in total. The molecule has 1 aliphatic carbocycles. The molecule has 1 aromatic heterocycles. The molecule has 5 rings (SSSR count). The van der Waals surface area contributed by atoms with Gasteiger partial charge in [-0.25, -0.2) is 17.9 Å². The minimum absolute atomic E-state index is 0.0463. The average molecular weight is 655 g/mol. The van der Waals surface area contributed by atoms with Crippen LogP contribution in [0.4, 0.5) is 13.2 Å². The maximum Gasteiger partial charge on any atom is 0.418 e. The Morgan fingerprint density at radius 1 is 0.935 bits per heavy atom. The van der Waals surface area contributed by atoms with Gasteiger partial charge in [0.2, 0.25) is 5.91 Å². The van der Waals surface area contributed by atoms with Crippen molar-refractivity contribution in [2.75, 3.05) is 0 Å². The summed E-state index contributed by atoms with van der Waals surface area (Å²) in [6.07, 6.45) is -2.78. The Morgan fingerprint density at radius 2 is 1.54 bits per heavy atom. The van der Waals surface area contributed by atoms with Crippen molar-refractivity contribution in [1.29, 1.82) is 0 Å². The van der Waals surface area contributed by atoms with Gasteiger partial charge in [-0.2, -0.15) is 17.9 Å². The molecule has 0 atom stereocenters. The molecule has 46 heavy (non-hydrogen) atoms. The van der Waals surface area contributed by atoms with Gasteiger partial charge in [0.25, 0.3) is 10.0 Å². The number of carbonyl (C=O) groups excluding carboxylic acids is 1. The molecule has 1 saturated carbocycles. The molecule has 0 spiro atoms. The number of aromatic nitrogens is 3. The van der Waals surface area contributed by atoms with E-state index in [-0.39, 0.29) is 28.0 Å². The summed E-state index contributed by atoms with van der Waals surface area (Å²) < 4.78 is 72.5. The standard InChI is InChI=1S/C34H37F3N4O4S/c1-6-7-16-28-38-41(26-14-10-9-13-25(26)34(35,36)37)31(43)40(28)21-22-17-19-23(20-18-22)24-12-8-11-15-27(24)46(44,45)39-30(42)29-32(2,3)33(29,4)5/h8-15,17-20,29H,6-7,16,21H2,1-5H3,(H,39,42). The van der Waals surface area contributed by atoms with E-state index in [9.17, 15) is 31.2 Å². The summed E-state index contributed by atoms with van der Waals surface area (Å²) in [6.45, 7) is 9.77. The van der Waals surface area contributed by atoms with Crippen molar-refractivity contribution in [3.8, 4) is 16.8 Å². The normalized spacial score (nSPS) is 15.9. The number of sulfonamides is 1. The van der Waals surface area contributed by atoms with Crippen molar-refractivity contribution in [3.63, 3.8) is 0 Å². The molecule has 12 heteroatoms. The second kappa shape index (κ2) is 11.9. The minimum atomic E-state index is -4.67. The third kappa shape index (κ3) is 6.02. The zero-order chi connectivity index (χ0) is 33.7. The Balaban J connectivity index is 1.44. The number of unbranched alkanes of at least 4 members (excludes halogenated alkanes) is 1. The Kier molecular flexibility index (Phi) is 8.56. The Morgan fingerprint density at radius 3 is 2.15 bits per heavy atom. The lowest BCUT2D eigenvalue weighted by Gasteiger charge is -2.13. The van der Waals surface area contributed by atoms with Crippen LogP contribution in [-0.2, 0) is 34.0 Å². The predicted molar refractivity (Wildman–Crippen MR) is 169 cm³/mol. The predicted octanol–water partition coefficient (Wildman–Crippen LogP) is 6.60. The maximum atomic E-state index is 13.8. The Labute approximate surface area is 266 Å². The fraction of sp³-hybridized carbons (Fsp3) is 0.382. The molecule has 3 aromatic carbocycles. The molecule has 4 aromatic rings. The van der Waals surface area contributed by atoms with Crippen molar-refractivity contribution in [3.05, 3.63) is 100 Å². The number of amides is 1. The van der Waals surface area contributed by atoms with Gasteiger partial charge in [0, 0.05) is 12.0 Å². The van der Waals surface area contributed by atoms with Crippen molar-refractivity contribution >= 4 is 15.9 Å². The van der Waals surface area contributed by atoms with Crippen LogP contribution < -0.4 is 10.4 Å². The number of carbonyl (C=O) groups is 1. The zero-order valence-electron chi connectivity index (χ0n) is 26.4. The van der Waals surface area contributed by atoms with Crippen LogP contribution in [0.5, 0.6) is 0 Å². The van der Waals surface area contributed by atoms with E-state index in [1.807, 2.05) is 34.6 Å². The van der Waals surface area contributed by atoms with Gasteiger partial charge in [-0.3, -0.25) is 9.36 Å². The summed E-state index contributed by atoms with van der Waals surface area (Å²) in [5, 5.41) is 4.32. The van der Waals surface area contributed by atoms with Crippen molar-refractivity contribution in [2.24, 2.45) is 16.7 Å². The van der Waals surface area contributed by atoms with Crippen LogP contribution in [-0.4, -0.2) is 28.7 Å². The van der Waals surface area contributed by atoms with E-state index in [2.05, 4.69) is 9.82 Å². The highest BCUT2D eigenvalue weighted by Gasteiger charge is 2.68. The molecule has 1 amide bonds. The van der Waals surface area contributed by atoms with Crippen LogP contribution >= 0.6 is 0 Å². The fourth-order valence-electron chi connectivity index (χ4n) is 6.18. The van der Waals surface area contributed by atoms with Crippen LogP contribution in [0, 0.1) is 16.7 Å². The number of rotatable bonds is 10. The summed E-state index contributed by atoms with van der Waals surface area (Å²) in [6, 6.07) is 18.1. The molecule has 244 valence electrons. The summed E-state index contributed by atoms with van der Waals surface area (Å²) in [4.78, 5) is 26.4. The summed E-state index contributed by atoms with van der Waals surface area (Å²) in [7, 11) is -4.20. The van der Waals surface area contributed by atoms with Crippen LogP contribution in [0.2, 0.25) is 0 Å². The lowest BCUT2D eigenvalue weighted by molar-refractivity contribution is -0.137. The molecule has 0 bridgehead atoms. The molecular formula is C34H37F3N4O4S. The second-order valence-corrected chi connectivity index (χ2v) is 14.5. The van der Waals surface area contributed by atoms with Crippen molar-refractivity contribution < 1.29 is 26.4 Å². The maximum absolute atomic E-state index is 13.8. The SMILES string of the molecule is CCCCc1nn(-c2ccccc2C(F)(F)F)c(=O)n1Cc1ccc(-c2ccccc2S(=O)(=O)NC(=O)C2C(C)(C)C2(C)C)cc1. The van der Waals surface area contributed by atoms with E-state index < -0.39 is 39.3 Å². The van der Waals surface area contributed by atoms with Gasteiger partial charge in [-0.15, -0.1) is 5.10 Å². The number of halogens is 3. The fourth-order valence-corrected chi connectivity index (χ4v) is 7.41. The monoisotopic (exact) mass is 654 g/mol. The number of benzene rings is 3. The lowest BCUT2D eigenvalue weighted by Crippen LogP contribution is -2.33. The first-order valence-corrected chi connectivity index (χ1v) is 16.6. The van der Waals surface area contributed by atoms with Gasteiger partial charge in [0.15, 0.2) is 0 Å². The summed E-state index contributed by atoms with van der Waals surface area (Å²) in [5.74, 6) is -0.622. The number of alkyl halides is 3. The Bertz CT molecular complexity index is 1930. The first kappa shape index (κ1) is 33.2. The smallest absolute Gasteiger partial charge is 0.274 e. The van der Waals surface area contributed by atoms with Crippen molar-refractivity contribution in [1.82, 2.24) is 19.1 Å². The molecule has 8 nitrogen and oxygen atoms in total. The van der Waals surface area contributed by atoms with E-state index >= 15 is 0 Å². The average Bonchev–Trinajstić information content (AvgIpc) is 3.23. The van der Waals surface area contributed by atoms with Crippen LogP contribution in [0.25, 0.3) is 16.8 Å². The highest BCUT2D eigenvalue weighted by atomic mass is 32.2. The topological polar surface area (TPSA) is 103 Å². The minimum Gasteiger partial charge on any atom is -0.274 e. The van der Waals surface area contributed by atoms with Gasteiger partial charge < -0.3 is 0 Å². The number of hydrogen-bond donors (Lipinski definition) is 1. The third-order valence-corrected chi connectivity index (χ3v) is 10.8. The largest absolute Gasteiger partial charge is 0.418 e. The van der Waals surface area contributed by atoms with E-state index in [0.717, 1.165) is 17.2 Å². The molecule has 0 aliphatic heterocycles. The molecule has 1 aliphatic rings. The van der Waals surface area contributed by atoms with Crippen LogP contribution in [0.1, 0.15) is 64.4 Å². The van der Waals surface area contributed by atoms with Gasteiger partial charge in [0.05, 0.1) is 28.6 Å². The van der Waals surface area contributed by atoms with E-state index in [1.165, 1.54) is 28.8 Å². The molecule has 0 saturated heterocycles. The van der Waals surface area contributed by atoms with Gasteiger partial charge in [-0.05, 0) is 46.6 Å². The third-order valence-electron chi connectivity index (χ3n) is 9.43. The van der Waals surface area contributed by atoms with E-state index in [1.54, 1.807) is 42.5 Å². The quantitative estimate of drug-likeness (QED) is 0.208. The van der Waals surface area contributed by atoms with Gasteiger partial charge in [-0.1, -0.05) is 95.6 Å². The number of para-hydroxylation sites is 1. The molecular weight excluding hydrogens is 617 g/mol. The first-order chi connectivity index (χ1) is 21.5. The molecule has 0 radical (unpaired) electrons. The van der Waals surface area contributed by atoms with Crippen LogP contribution in [0.3, 0.4) is 0 Å². The summed E-state index contributed by atoms with van der Waals surface area (Å²) in [5.41, 5.74) is -1.04. The first-order valence-electron chi connectivity index (χ1n) is 15.1. The van der Waals surface area contributed by atoms with Gasteiger partial charge in [0.1, 0.15) is 5.82 Å². The highest BCUT2D eigenvalue weighted by Crippen LogP contribution is 2.68. The van der Waals surface area contributed by atoms with Crippen molar-refractivity contribution in [2.45, 2.75) is 71.5 Å². The number of nitrogens with zero attached hydrogens (tertiary/aromatic N) is 3. The highest BCUT2D eigenvalue weighted by molar-refractivity contribution is 7.90. The van der Waals surface area contributed by atoms with Gasteiger partial charge >= 0.3 is 11.9 Å². The van der Waals surface area contributed by atoms with E-state index in [0.29, 0.717) is 35.4 Å². The lowest BCUT2D eigenvalue weighted by atomic mass is 10.0. The molecule has 1 fully saturated rings. The molecule has 0 unspecified atom stereocenters. The van der Waals surface area contributed by atoms with Crippen LogP contribution in [0.15, 0.2) is 82.5 Å². The number of nitrogens with one attached hydrogen (secondary N) is 1. The number of aryl methyl sites for hydroxylation is 1. The van der Waals surface area contributed by atoms with E-state index in [4.69, 9.17) is 0 Å². The molecule has 1 heterocycles. The second-order valence-electron chi connectivity index (χ2n) is 12.9.